The van der Waals surface area contributed by atoms with Gasteiger partial charge in [0.2, 0.25) is 0 Å². The number of aryl methyl sites for hydroxylation is 2. The fourth-order valence-corrected chi connectivity index (χ4v) is 3.24. The predicted octanol–water partition coefficient (Wildman–Crippen LogP) is 5.55. The zero-order valence-electron chi connectivity index (χ0n) is 16.2. The molecule has 4 aromatic rings. The van der Waals surface area contributed by atoms with Crippen molar-refractivity contribution in [1.29, 1.82) is 0 Å². The quantitative estimate of drug-likeness (QED) is 0.501. The molecular weight excluding hydrogens is 365 g/mol. The molecule has 5 heteroatoms. The number of hydrogen-bond acceptors (Lipinski definition) is 2. The van der Waals surface area contributed by atoms with Gasteiger partial charge in [0.1, 0.15) is 11.6 Å². The van der Waals surface area contributed by atoms with E-state index in [1.807, 2.05) is 62.4 Å². The third-order valence-electron chi connectivity index (χ3n) is 4.71. The average Bonchev–Trinajstić information content (AvgIpc) is 3.12. The molecule has 0 aliphatic heterocycles. The molecule has 4 nitrogen and oxygen atoms in total. The normalized spacial score (nSPS) is 10.7. The van der Waals surface area contributed by atoms with Gasteiger partial charge in [-0.05, 0) is 49.7 Å². The summed E-state index contributed by atoms with van der Waals surface area (Å²) in [7, 11) is 0. The number of amides is 1. The van der Waals surface area contributed by atoms with Crippen LogP contribution in [0.2, 0.25) is 0 Å². The van der Waals surface area contributed by atoms with E-state index in [4.69, 9.17) is 5.10 Å². The first kappa shape index (κ1) is 18.6. The lowest BCUT2D eigenvalue weighted by Gasteiger charge is -2.12. The summed E-state index contributed by atoms with van der Waals surface area (Å²) >= 11 is 0. The van der Waals surface area contributed by atoms with E-state index in [0.29, 0.717) is 11.4 Å². The fourth-order valence-electron chi connectivity index (χ4n) is 3.24. The molecule has 0 aliphatic rings. The Labute approximate surface area is 168 Å². The SMILES string of the molecule is Cc1ccc(-n2nc(-c3ccccc3)cc2NC(=O)c2ccc(F)cc2)c(C)c1. The molecule has 29 heavy (non-hydrogen) atoms. The van der Waals surface area contributed by atoms with E-state index in [1.54, 1.807) is 4.68 Å². The van der Waals surface area contributed by atoms with Crippen molar-refractivity contribution in [3.8, 4) is 16.9 Å². The van der Waals surface area contributed by atoms with Crippen molar-refractivity contribution in [3.05, 3.63) is 101 Å². The van der Waals surface area contributed by atoms with E-state index in [0.717, 1.165) is 28.1 Å². The summed E-state index contributed by atoms with van der Waals surface area (Å²) in [6, 6.07) is 23.2. The van der Waals surface area contributed by atoms with Crippen molar-refractivity contribution in [1.82, 2.24) is 9.78 Å². The van der Waals surface area contributed by atoms with E-state index < -0.39 is 0 Å². The molecule has 0 radical (unpaired) electrons. The second-order valence-electron chi connectivity index (χ2n) is 6.94. The van der Waals surface area contributed by atoms with Gasteiger partial charge in [-0.2, -0.15) is 5.10 Å². The highest BCUT2D eigenvalue weighted by Crippen LogP contribution is 2.27. The van der Waals surface area contributed by atoms with Crippen LogP contribution in [-0.2, 0) is 0 Å². The van der Waals surface area contributed by atoms with Crippen molar-refractivity contribution in [2.24, 2.45) is 0 Å². The van der Waals surface area contributed by atoms with Gasteiger partial charge in [0.05, 0.1) is 11.4 Å². The molecule has 0 saturated carbocycles. The number of anilines is 1. The molecule has 0 saturated heterocycles. The van der Waals surface area contributed by atoms with Crippen molar-refractivity contribution in [2.75, 3.05) is 5.32 Å². The maximum atomic E-state index is 13.2. The molecule has 1 amide bonds. The molecule has 144 valence electrons. The van der Waals surface area contributed by atoms with Gasteiger partial charge in [-0.1, -0.05) is 48.0 Å². The highest BCUT2D eigenvalue weighted by molar-refractivity contribution is 6.04. The Morgan fingerprint density at radius 2 is 1.66 bits per heavy atom. The van der Waals surface area contributed by atoms with Crippen LogP contribution < -0.4 is 5.32 Å². The number of benzene rings is 3. The van der Waals surface area contributed by atoms with E-state index >= 15 is 0 Å². The van der Waals surface area contributed by atoms with Crippen LogP contribution in [0, 0.1) is 19.7 Å². The van der Waals surface area contributed by atoms with E-state index in [9.17, 15) is 9.18 Å². The molecule has 3 aromatic carbocycles. The third kappa shape index (κ3) is 3.94. The van der Waals surface area contributed by atoms with Crippen molar-refractivity contribution in [3.63, 3.8) is 0 Å². The fraction of sp³-hybridized carbons (Fsp3) is 0.0833. The number of carbonyl (C=O) groups excluding carboxylic acids is 1. The number of nitrogens with one attached hydrogen (secondary N) is 1. The predicted molar refractivity (Wildman–Crippen MR) is 113 cm³/mol. The number of halogens is 1. The minimum absolute atomic E-state index is 0.324. The Hall–Kier alpha value is -3.73. The first-order valence-electron chi connectivity index (χ1n) is 9.31. The summed E-state index contributed by atoms with van der Waals surface area (Å²) in [5, 5.41) is 7.66. The Morgan fingerprint density at radius 1 is 0.931 bits per heavy atom. The lowest BCUT2D eigenvalue weighted by Crippen LogP contribution is -2.15. The van der Waals surface area contributed by atoms with Crippen LogP contribution in [0.1, 0.15) is 21.5 Å². The van der Waals surface area contributed by atoms with Crippen LogP contribution in [-0.4, -0.2) is 15.7 Å². The van der Waals surface area contributed by atoms with E-state index in [1.165, 1.54) is 24.3 Å². The van der Waals surface area contributed by atoms with Gasteiger partial charge >= 0.3 is 0 Å². The van der Waals surface area contributed by atoms with Crippen LogP contribution in [0.15, 0.2) is 78.9 Å². The highest BCUT2D eigenvalue weighted by atomic mass is 19.1. The largest absolute Gasteiger partial charge is 0.306 e. The van der Waals surface area contributed by atoms with Gasteiger partial charge in [-0.15, -0.1) is 0 Å². The van der Waals surface area contributed by atoms with Crippen LogP contribution in [0.4, 0.5) is 10.2 Å². The molecule has 1 aromatic heterocycles. The molecule has 0 spiro atoms. The molecular formula is C24H20FN3O. The molecule has 0 atom stereocenters. The summed E-state index contributed by atoms with van der Waals surface area (Å²) in [6.45, 7) is 4.05. The lowest BCUT2D eigenvalue weighted by atomic mass is 10.1. The first-order valence-corrected chi connectivity index (χ1v) is 9.31. The van der Waals surface area contributed by atoms with Gasteiger partial charge < -0.3 is 5.32 Å². The van der Waals surface area contributed by atoms with Gasteiger partial charge in [0.25, 0.3) is 5.91 Å². The van der Waals surface area contributed by atoms with Gasteiger partial charge in [0, 0.05) is 17.2 Å². The maximum absolute atomic E-state index is 13.2. The summed E-state index contributed by atoms with van der Waals surface area (Å²) in [6.07, 6.45) is 0. The van der Waals surface area contributed by atoms with Gasteiger partial charge in [0.15, 0.2) is 0 Å². The second kappa shape index (κ2) is 7.72. The highest BCUT2D eigenvalue weighted by Gasteiger charge is 2.16. The third-order valence-corrected chi connectivity index (χ3v) is 4.71. The Bertz CT molecular complexity index is 1160. The number of hydrogen-bond donors (Lipinski definition) is 1. The van der Waals surface area contributed by atoms with E-state index in [2.05, 4.69) is 11.4 Å². The molecule has 0 fully saturated rings. The summed E-state index contributed by atoms with van der Waals surface area (Å²) in [4.78, 5) is 12.7. The Kier molecular flexibility index (Phi) is 4.96. The lowest BCUT2D eigenvalue weighted by molar-refractivity contribution is 0.102. The number of nitrogens with zero attached hydrogens (tertiary/aromatic N) is 2. The molecule has 1 heterocycles. The number of rotatable bonds is 4. The summed E-state index contributed by atoms with van der Waals surface area (Å²) < 4.78 is 14.9. The minimum Gasteiger partial charge on any atom is -0.306 e. The van der Waals surface area contributed by atoms with Gasteiger partial charge in [-0.25, -0.2) is 9.07 Å². The minimum atomic E-state index is -0.381. The zero-order valence-corrected chi connectivity index (χ0v) is 16.2. The summed E-state index contributed by atoms with van der Waals surface area (Å²) in [5.74, 6) is -0.158. The Balaban J connectivity index is 1.77. The maximum Gasteiger partial charge on any atom is 0.256 e. The number of carbonyl (C=O) groups is 1. The molecule has 0 aliphatic carbocycles. The first-order chi connectivity index (χ1) is 14.0. The van der Waals surface area contributed by atoms with Crippen LogP contribution in [0.25, 0.3) is 16.9 Å². The van der Waals surface area contributed by atoms with Crippen LogP contribution in [0.5, 0.6) is 0 Å². The Morgan fingerprint density at radius 3 is 2.34 bits per heavy atom. The molecule has 4 rings (SSSR count). The topological polar surface area (TPSA) is 46.9 Å². The van der Waals surface area contributed by atoms with Gasteiger partial charge in [-0.3, -0.25) is 4.79 Å². The average molecular weight is 385 g/mol. The molecule has 0 bridgehead atoms. The second-order valence-corrected chi connectivity index (χ2v) is 6.94. The monoisotopic (exact) mass is 385 g/mol. The summed E-state index contributed by atoms with van der Waals surface area (Å²) in [5.41, 5.74) is 5.16. The molecule has 0 unspecified atom stereocenters. The molecule has 1 N–H and O–H groups in total. The van der Waals surface area contributed by atoms with Crippen LogP contribution in [0.3, 0.4) is 0 Å². The van der Waals surface area contributed by atoms with Crippen molar-refractivity contribution >= 4 is 11.7 Å². The van der Waals surface area contributed by atoms with E-state index in [-0.39, 0.29) is 11.7 Å². The van der Waals surface area contributed by atoms with Crippen molar-refractivity contribution in [2.45, 2.75) is 13.8 Å². The zero-order chi connectivity index (χ0) is 20.4. The number of aromatic nitrogens is 2. The smallest absolute Gasteiger partial charge is 0.256 e. The standard InChI is InChI=1S/C24H20FN3O/c1-16-8-13-22(17(2)14-16)28-23(15-21(27-28)18-6-4-3-5-7-18)26-24(29)19-9-11-20(25)12-10-19/h3-15H,1-2H3,(H,26,29). The van der Waals surface area contributed by atoms with Crippen LogP contribution >= 0.6 is 0 Å². The van der Waals surface area contributed by atoms with Crippen molar-refractivity contribution < 1.29 is 9.18 Å².